The van der Waals surface area contributed by atoms with E-state index in [1.807, 2.05) is 43.3 Å². The lowest BCUT2D eigenvalue weighted by Gasteiger charge is -2.10. The molecule has 2 heterocycles. The lowest BCUT2D eigenvalue weighted by molar-refractivity contribution is 0.343. The van der Waals surface area contributed by atoms with Gasteiger partial charge in [0.15, 0.2) is 16.6 Å². The van der Waals surface area contributed by atoms with Crippen LogP contribution in [-0.4, -0.2) is 31.9 Å². The van der Waals surface area contributed by atoms with Crippen LogP contribution in [0, 0.1) is 20.8 Å². The quantitative estimate of drug-likeness (QED) is 0.384. The van der Waals surface area contributed by atoms with E-state index in [0.717, 1.165) is 16.9 Å². The highest BCUT2D eigenvalue weighted by Crippen LogP contribution is 2.24. The van der Waals surface area contributed by atoms with Crippen molar-refractivity contribution in [1.29, 1.82) is 0 Å². The van der Waals surface area contributed by atoms with Gasteiger partial charge in [-0.1, -0.05) is 42.1 Å². The summed E-state index contributed by atoms with van der Waals surface area (Å²) in [5.74, 6) is 2.16. The number of nitrogens with zero attached hydrogens (tertiary/aromatic N) is 3. The highest BCUT2D eigenvalue weighted by molar-refractivity contribution is 7.99. The molecule has 4 rings (SSSR count). The lowest BCUT2D eigenvalue weighted by Crippen LogP contribution is -2.07. The van der Waals surface area contributed by atoms with E-state index in [9.17, 15) is 4.79 Å². The average molecular weight is 407 g/mol. The molecule has 2 aromatic carbocycles. The van der Waals surface area contributed by atoms with Gasteiger partial charge >= 0.3 is 0 Å². The van der Waals surface area contributed by atoms with Crippen molar-refractivity contribution < 1.29 is 4.74 Å². The average Bonchev–Trinajstić information content (AvgIpc) is 3.08. The van der Waals surface area contributed by atoms with Gasteiger partial charge in [0.1, 0.15) is 5.75 Å². The molecule has 0 bridgehead atoms. The first-order valence-electron chi connectivity index (χ1n) is 9.40. The predicted molar refractivity (Wildman–Crippen MR) is 116 cm³/mol. The van der Waals surface area contributed by atoms with Gasteiger partial charge in [0, 0.05) is 17.4 Å². The molecule has 0 aliphatic carbocycles. The number of H-pyrrole nitrogens is 1. The van der Waals surface area contributed by atoms with E-state index in [0.29, 0.717) is 29.0 Å². The van der Waals surface area contributed by atoms with Crippen molar-refractivity contribution in [1.82, 2.24) is 19.6 Å². The zero-order valence-corrected chi connectivity index (χ0v) is 17.4. The fraction of sp³-hybridized carbons (Fsp3) is 0.227. The summed E-state index contributed by atoms with van der Waals surface area (Å²) >= 11 is 1.52. The Balaban J connectivity index is 1.55. The minimum Gasteiger partial charge on any atom is -0.493 e. The molecule has 7 heteroatoms. The highest BCUT2D eigenvalue weighted by atomic mass is 32.2. The smallest absolute Gasteiger partial charge is 0.266 e. The number of benzene rings is 2. The minimum absolute atomic E-state index is 0.200. The fourth-order valence-corrected chi connectivity index (χ4v) is 3.79. The number of hydrogen-bond acceptors (Lipinski definition) is 5. The number of thioether (sulfide) groups is 1. The number of fused-ring (bicyclic) bond motifs is 1. The van der Waals surface area contributed by atoms with Crippen molar-refractivity contribution in [3.05, 3.63) is 75.6 Å². The Bertz CT molecular complexity index is 1230. The molecule has 0 aliphatic rings. The van der Waals surface area contributed by atoms with Crippen LogP contribution in [0.3, 0.4) is 0 Å². The Kier molecular flexibility index (Phi) is 5.40. The van der Waals surface area contributed by atoms with E-state index >= 15 is 0 Å². The zero-order chi connectivity index (χ0) is 20.4. The number of aromatic amines is 1. The maximum atomic E-state index is 11.9. The van der Waals surface area contributed by atoms with Crippen LogP contribution in [0.1, 0.15) is 16.7 Å². The summed E-state index contributed by atoms with van der Waals surface area (Å²) in [6.07, 6.45) is 0. The van der Waals surface area contributed by atoms with Crippen molar-refractivity contribution in [3.63, 3.8) is 0 Å². The first-order chi connectivity index (χ1) is 14.0. The topological polar surface area (TPSA) is 72.3 Å². The van der Waals surface area contributed by atoms with Gasteiger partial charge in [0.2, 0.25) is 0 Å². The molecule has 29 heavy (non-hydrogen) atoms. The van der Waals surface area contributed by atoms with E-state index in [1.54, 1.807) is 4.52 Å². The highest BCUT2D eigenvalue weighted by Gasteiger charge is 2.12. The van der Waals surface area contributed by atoms with Gasteiger partial charge in [-0.3, -0.25) is 9.89 Å². The molecule has 1 N–H and O–H groups in total. The van der Waals surface area contributed by atoms with Gasteiger partial charge in [0.05, 0.1) is 6.61 Å². The van der Waals surface area contributed by atoms with Gasteiger partial charge in [-0.05, 0) is 49.6 Å². The van der Waals surface area contributed by atoms with Crippen LogP contribution in [0.15, 0.2) is 58.5 Å². The number of aryl methyl sites for hydroxylation is 3. The SMILES string of the molecule is Cc1ccc(OCCSc2nc(-c3ccccc3C)nc3cc(=O)[nH]n23)cc1C. The van der Waals surface area contributed by atoms with Gasteiger partial charge < -0.3 is 4.74 Å². The summed E-state index contributed by atoms with van der Waals surface area (Å²) in [4.78, 5) is 21.1. The molecule has 0 saturated carbocycles. The molecule has 0 amide bonds. The largest absolute Gasteiger partial charge is 0.493 e. The standard InChI is InChI=1S/C22H22N4O2S/c1-14-8-9-17(12-16(14)3)28-10-11-29-22-24-21(18-7-5-4-6-15(18)2)23-19-13-20(27)25-26(19)22/h4-9,12-13H,10-11H2,1-3H3,(H,25,27). The number of ether oxygens (including phenoxy) is 1. The molecular weight excluding hydrogens is 384 g/mol. The molecule has 0 unspecified atom stereocenters. The van der Waals surface area contributed by atoms with Gasteiger partial charge in [-0.25, -0.2) is 14.5 Å². The van der Waals surface area contributed by atoms with Crippen LogP contribution in [-0.2, 0) is 0 Å². The van der Waals surface area contributed by atoms with E-state index in [-0.39, 0.29) is 5.56 Å². The van der Waals surface area contributed by atoms with E-state index in [1.165, 1.54) is 29.0 Å². The molecule has 0 fully saturated rings. The van der Waals surface area contributed by atoms with Crippen LogP contribution in [0.5, 0.6) is 5.75 Å². The van der Waals surface area contributed by atoms with Crippen molar-refractivity contribution >= 4 is 17.4 Å². The van der Waals surface area contributed by atoms with Gasteiger partial charge in [-0.2, -0.15) is 0 Å². The predicted octanol–water partition coefficient (Wildman–Crippen LogP) is 4.18. The second-order valence-electron chi connectivity index (χ2n) is 6.90. The van der Waals surface area contributed by atoms with Gasteiger partial charge in [-0.15, -0.1) is 0 Å². The Morgan fingerprint density at radius 3 is 2.62 bits per heavy atom. The second kappa shape index (κ2) is 8.13. The third-order valence-corrected chi connectivity index (χ3v) is 5.67. The Labute approximate surface area is 173 Å². The summed E-state index contributed by atoms with van der Waals surface area (Å²) in [5, 5.41) is 3.45. The third kappa shape index (κ3) is 4.19. The minimum atomic E-state index is -0.200. The summed E-state index contributed by atoms with van der Waals surface area (Å²) in [6.45, 7) is 6.71. The summed E-state index contributed by atoms with van der Waals surface area (Å²) in [6, 6.07) is 15.5. The first kappa shape index (κ1) is 19.3. The molecular formula is C22H22N4O2S. The van der Waals surface area contributed by atoms with Crippen molar-refractivity contribution in [3.8, 4) is 17.1 Å². The molecule has 0 radical (unpaired) electrons. The molecule has 148 valence electrons. The first-order valence-corrected chi connectivity index (χ1v) is 10.4. The maximum absolute atomic E-state index is 11.9. The Morgan fingerprint density at radius 2 is 1.83 bits per heavy atom. The molecule has 0 spiro atoms. The van der Waals surface area contributed by atoms with Crippen LogP contribution < -0.4 is 10.3 Å². The van der Waals surface area contributed by atoms with Crippen molar-refractivity contribution in [2.24, 2.45) is 0 Å². The fourth-order valence-electron chi connectivity index (χ4n) is 3.02. The monoisotopic (exact) mass is 406 g/mol. The van der Waals surface area contributed by atoms with Crippen molar-refractivity contribution in [2.45, 2.75) is 25.9 Å². The summed E-state index contributed by atoms with van der Waals surface area (Å²) in [7, 11) is 0. The molecule has 4 aromatic rings. The van der Waals surface area contributed by atoms with Crippen LogP contribution in [0.4, 0.5) is 0 Å². The van der Waals surface area contributed by atoms with Gasteiger partial charge in [0.25, 0.3) is 5.56 Å². The molecule has 2 aromatic heterocycles. The normalized spacial score (nSPS) is 11.1. The van der Waals surface area contributed by atoms with Crippen LogP contribution in [0.2, 0.25) is 0 Å². The van der Waals surface area contributed by atoms with E-state index in [4.69, 9.17) is 9.72 Å². The molecule has 0 saturated heterocycles. The van der Waals surface area contributed by atoms with E-state index in [2.05, 4.69) is 30.0 Å². The van der Waals surface area contributed by atoms with Crippen LogP contribution >= 0.6 is 11.8 Å². The molecule has 6 nitrogen and oxygen atoms in total. The zero-order valence-electron chi connectivity index (χ0n) is 16.6. The number of nitrogens with one attached hydrogen (secondary N) is 1. The number of hydrogen-bond donors (Lipinski definition) is 1. The summed E-state index contributed by atoms with van der Waals surface area (Å²) < 4.78 is 7.50. The Morgan fingerprint density at radius 1 is 1.00 bits per heavy atom. The second-order valence-corrected chi connectivity index (χ2v) is 7.96. The van der Waals surface area contributed by atoms with Crippen LogP contribution in [0.25, 0.3) is 17.0 Å². The number of aromatic nitrogens is 4. The number of rotatable bonds is 6. The van der Waals surface area contributed by atoms with E-state index < -0.39 is 0 Å². The molecule has 0 atom stereocenters. The third-order valence-electron chi connectivity index (χ3n) is 4.77. The molecule has 0 aliphatic heterocycles. The summed E-state index contributed by atoms with van der Waals surface area (Å²) in [5.41, 5.74) is 4.85. The Hall–Kier alpha value is -3.06. The maximum Gasteiger partial charge on any atom is 0.266 e. The lowest BCUT2D eigenvalue weighted by atomic mass is 10.1. The van der Waals surface area contributed by atoms with Crippen molar-refractivity contribution in [2.75, 3.05) is 12.4 Å².